The molecule has 0 spiro atoms. The average molecular weight is 273 g/mol. The van der Waals surface area contributed by atoms with Gasteiger partial charge in [0, 0.05) is 15.1 Å². The van der Waals surface area contributed by atoms with Crippen LogP contribution >= 0.6 is 27.5 Å². The minimum absolute atomic E-state index is 0.120. The summed E-state index contributed by atoms with van der Waals surface area (Å²) in [5, 5.41) is 3.87. The molecule has 0 fully saturated rings. The number of halogens is 2. The maximum Gasteiger partial charge on any atom is 0.0957 e. The maximum atomic E-state index is 6.05. The fourth-order valence-electron chi connectivity index (χ4n) is 1.20. The summed E-state index contributed by atoms with van der Waals surface area (Å²) in [4.78, 5) is 0. The Morgan fingerprint density at radius 2 is 2.36 bits per heavy atom. The van der Waals surface area contributed by atoms with Crippen LogP contribution < -0.4 is 5.32 Å². The van der Waals surface area contributed by atoms with Crippen molar-refractivity contribution in [3.63, 3.8) is 0 Å². The third-order valence-electron chi connectivity index (χ3n) is 1.84. The van der Waals surface area contributed by atoms with E-state index in [-0.39, 0.29) is 6.04 Å². The Bertz CT molecular complexity index is 357. The molecule has 0 aliphatic carbocycles. The van der Waals surface area contributed by atoms with Crippen molar-refractivity contribution in [3.05, 3.63) is 33.3 Å². The highest BCUT2D eigenvalue weighted by molar-refractivity contribution is 9.10. The molecule has 1 aromatic carbocycles. The molecule has 0 aliphatic heterocycles. The molecule has 0 radical (unpaired) electrons. The number of hydrogen-bond acceptors (Lipinski definition) is 1. The first-order valence-corrected chi connectivity index (χ1v) is 5.50. The lowest BCUT2D eigenvalue weighted by atomic mass is 10.1. The second-order valence-electron chi connectivity index (χ2n) is 2.82. The van der Waals surface area contributed by atoms with E-state index in [4.69, 9.17) is 18.0 Å². The van der Waals surface area contributed by atoms with Crippen molar-refractivity contribution in [3.8, 4) is 12.3 Å². The number of nitrogens with one attached hydrogen (secondary N) is 1. The Morgan fingerprint density at radius 3 is 2.93 bits per heavy atom. The van der Waals surface area contributed by atoms with Gasteiger partial charge in [0.1, 0.15) is 0 Å². The van der Waals surface area contributed by atoms with E-state index in [1.165, 1.54) is 0 Å². The van der Waals surface area contributed by atoms with Gasteiger partial charge in [0.15, 0.2) is 0 Å². The molecule has 0 saturated carbocycles. The molecule has 0 aromatic heterocycles. The van der Waals surface area contributed by atoms with Crippen molar-refractivity contribution in [1.29, 1.82) is 0 Å². The van der Waals surface area contributed by atoms with Crippen LogP contribution in [0.2, 0.25) is 5.02 Å². The minimum atomic E-state index is -0.120. The van der Waals surface area contributed by atoms with Crippen LogP contribution in [0.25, 0.3) is 0 Å². The predicted octanol–water partition coefficient (Wildman–Crippen LogP) is 3.39. The topological polar surface area (TPSA) is 12.0 Å². The quantitative estimate of drug-likeness (QED) is 0.832. The SMILES string of the molecule is C#CC(NCC)c1cc(Br)ccc1Cl. The van der Waals surface area contributed by atoms with E-state index in [9.17, 15) is 0 Å². The van der Waals surface area contributed by atoms with Gasteiger partial charge in [-0.15, -0.1) is 6.42 Å². The van der Waals surface area contributed by atoms with Gasteiger partial charge in [-0.2, -0.15) is 0 Å². The van der Waals surface area contributed by atoms with Crippen LogP contribution in [-0.2, 0) is 0 Å². The normalized spacial score (nSPS) is 12.1. The van der Waals surface area contributed by atoms with Crippen LogP contribution in [0.5, 0.6) is 0 Å². The minimum Gasteiger partial charge on any atom is -0.300 e. The number of terminal acetylenes is 1. The van der Waals surface area contributed by atoms with Crippen LogP contribution in [0.3, 0.4) is 0 Å². The molecule has 1 atom stereocenters. The zero-order chi connectivity index (χ0) is 10.6. The van der Waals surface area contributed by atoms with E-state index in [0.717, 1.165) is 16.6 Å². The summed E-state index contributed by atoms with van der Waals surface area (Å²) in [5.74, 6) is 2.67. The Morgan fingerprint density at radius 1 is 1.64 bits per heavy atom. The second kappa shape index (κ2) is 5.41. The van der Waals surface area contributed by atoms with Gasteiger partial charge in [0.05, 0.1) is 6.04 Å². The molecule has 1 nitrogen and oxygen atoms in total. The fraction of sp³-hybridized carbons (Fsp3) is 0.273. The van der Waals surface area contributed by atoms with Crippen LogP contribution in [-0.4, -0.2) is 6.54 Å². The highest BCUT2D eigenvalue weighted by Gasteiger charge is 2.10. The second-order valence-corrected chi connectivity index (χ2v) is 4.15. The molecule has 3 heteroatoms. The lowest BCUT2D eigenvalue weighted by molar-refractivity contribution is 0.665. The lowest BCUT2D eigenvalue weighted by Crippen LogP contribution is -2.19. The molecular formula is C11H11BrClN. The third-order valence-corrected chi connectivity index (χ3v) is 2.68. The van der Waals surface area contributed by atoms with E-state index in [1.807, 2.05) is 25.1 Å². The van der Waals surface area contributed by atoms with Crippen LogP contribution in [0.1, 0.15) is 18.5 Å². The number of hydrogen-bond donors (Lipinski definition) is 1. The van der Waals surface area contributed by atoms with E-state index < -0.39 is 0 Å². The molecular weight excluding hydrogens is 261 g/mol. The standard InChI is InChI=1S/C11H11BrClN/c1-3-11(14-4-2)9-7-8(12)5-6-10(9)13/h1,5-7,11,14H,4H2,2H3. The molecule has 1 rings (SSSR count). The summed E-state index contributed by atoms with van der Waals surface area (Å²) in [6.45, 7) is 2.83. The Hall–Kier alpha value is -0.490. The zero-order valence-corrected chi connectivity index (χ0v) is 10.2. The zero-order valence-electron chi connectivity index (χ0n) is 7.85. The van der Waals surface area contributed by atoms with Gasteiger partial charge in [-0.25, -0.2) is 0 Å². The molecule has 0 aliphatic rings. The molecule has 0 amide bonds. The van der Waals surface area contributed by atoms with Crippen LogP contribution in [0.4, 0.5) is 0 Å². The summed E-state index contributed by atoms with van der Waals surface area (Å²) >= 11 is 9.44. The maximum absolute atomic E-state index is 6.05. The van der Waals surface area contributed by atoms with Gasteiger partial charge in [0.2, 0.25) is 0 Å². The highest BCUT2D eigenvalue weighted by Crippen LogP contribution is 2.26. The molecule has 14 heavy (non-hydrogen) atoms. The van der Waals surface area contributed by atoms with E-state index in [2.05, 4.69) is 27.2 Å². The fourth-order valence-corrected chi connectivity index (χ4v) is 1.80. The van der Waals surface area contributed by atoms with Gasteiger partial charge in [-0.3, -0.25) is 0 Å². The van der Waals surface area contributed by atoms with E-state index >= 15 is 0 Å². The van der Waals surface area contributed by atoms with E-state index in [1.54, 1.807) is 0 Å². The molecule has 0 bridgehead atoms. The molecule has 1 N–H and O–H groups in total. The van der Waals surface area contributed by atoms with Crippen LogP contribution in [0.15, 0.2) is 22.7 Å². The summed E-state index contributed by atoms with van der Waals surface area (Å²) in [7, 11) is 0. The van der Waals surface area contributed by atoms with Gasteiger partial charge in [0.25, 0.3) is 0 Å². The Kier molecular flexibility index (Phi) is 4.47. The molecule has 0 saturated heterocycles. The number of benzene rings is 1. The Labute approximate surface area is 98.0 Å². The molecule has 1 unspecified atom stereocenters. The first kappa shape index (κ1) is 11.6. The van der Waals surface area contributed by atoms with Gasteiger partial charge < -0.3 is 5.32 Å². The summed E-state index contributed by atoms with van der Waals surface area (Å²) < 4.78 is 0.982. The van der Waals surface area contributed by atoms with Crippen molar-refractivity contribution < 1.29 is 0 Å². The summed E-state index contributed by atoms with van der Waals surface area (Å²) in [6, 6.07) is 5.55. The Balaban J connectivity index is 3.03. The average Bonchev–Trinajstić information content (AvgIpc) is 2.18. The van der Waals surface area contributed by atoms with Crippen molar-refractivity contribution in [2.75, 3.05) is 6.54 Å². The third kappa shape index (κ3) is 2.75. The molecule has 1 aromatic rings. The first-order valence-electron chi connectivity index (χ1n) is 4.33. The summed E-state index contributed by atoms with van der Waals surface area (Å²) in [6.07, 6.45) is 5.42. The summed E-state index contributed by atoms with van der Waals surface area (Å²) in [5.41, 5.74) is 0.936. The van der Waals surface area contributed by atoms with Crippen molar-refractivity contribution in [1.82, 2.24) is 5.32 Å². The highest BCUT2D eigenvalue weighted by atomic mass is 79.9. The molecule has 74 valence electrons. The van der Waals surface area contributed by atoms with Gasteiger partial charge in [-0.05, 0) is 24.7 Å². The monoisotopic (exact) mass is 271 g/mol. The lowest BCUT2D eigenvalue weighted by Gasteiger charge is -2.13. The van der Waals surface area contributed by atoms with E-state index in [0.29, 0.717) is 5.02 Å². The van der Waals surface area contributed by atoms with Gasteiger partial charge >= 0.3 is 0 Å². The smallest absolute Gasteiger partial charge is 0.0957 e. The van der Waals surface area contributed by atoms with Crippen LogP contribution in [0, 0.1) is 12.3 Å². The van der Waals surface area contributed by atoms with Crippen molar-refractivity contribution >= 4 is 27.5 Å². The number of rotatable bonds is 3. The van der Waals surface area contributed by atoms with Gasteiger partial charge in [-0.1, -0.05) is 40.4 Å². The largest absolute Gasteiger partial charge is 0.300 e. The van der Waals surface area contributed by atoms with Crippen molar-refractivity contribution in [2.45, 2.75) is 13.0 Å². The first-order chi connectivity index (χ1) is 6.69. The molecule has 0 heterocycles. The van der Waals surface area contributed by atoms with Crippen molar-refractivity contribution in [2.24, 2.45) is 0 Å². The predicted molar refractivity (Wildman–Crippen MR) is 64.4 cm³/mol.